The minimum atomic E-state index is 1.21. The summed E-state index contributed by atoms with van der Waals surface area (Å²) in [6.45, 7) is 9.31. The van der Waals surface area contributed by atoms with Gasteiger partial charge in [-0.1, -0.05) is 72.1 Å². The first-order valence-electron chi connectivity index (χ1n) is 10.9. The molecule has 0 fully saturated rings. The fraction of sp³-hybridized carbons (Fsp3) is 0.864. The van der Waals surface area contributed by atoms with E-state index < -0.39 is 0 Å². The molecule has 0 bridgehead atoms. The van der Waals surface area contributed by atoms with Crippen molar-refractivity contribution >= 4 is 0 Å². The van der Waals surface area contributed by atoms with Crippen molar-refractivity contribution in [2.45, 2.75) is 124 Å². The second-order valence-electron chi connectivity index (χ2n) is 7.39. The first-order chi connectivity index (χ1) is 11.8. The van der Waals surface area contributed by atoms with E-state index >= 15 is 0 Å². The van der Waals surface area contributed by atoms with Gasteiger partial charge in [0.1, 0.15) is 12.4 Å². The average Bonchev–Trinajstić information content (AvgIpc) is 2.96. The van der Waals surface area contributed by atoms with Crippen molar-refractivity contribution in [3.63, 3.8) is 0 Å². The highest BCUT2D eigenvalue weighted by molar-refractivity contribution is 4.84. The van der Waals surface area contributed by atoms with Gasteiger partial charge in [0, 0.05) is 6.42 Å². The molecule has 0 atom stereocenters. The topological polar surface area (TPSA) is 8.81 Å². The van der Waals surface area contributed by atoms with Gasteiger partial charge in [0.05, 0.1) is 13.1 Å². The average molecular weight is 336 g/mol. The summed E-state index contributed by atoms with van der Waals surface area (Å²) in [4.78, 5) is 0. The summed E-state index contributed by atoms with van der Waals surface area (Å²) in [5, 5.41) is 0. The van der Waals surface area contributed by atoms with Crippen LogP contribution >= 0.6 is 0 Å². The molecule has 1 aromatic heterocycles. The standard InChI is InChI=1S/C22H43N2/c1-4-7-9-11-12-14-16-19-24-21-20-23(22(24)17-6-3)18-15-13-10-8-5-2/h20-21H,4-19H2,1-3H3/q+1. The first kappa shape index (κ1) is 21.3. The van der Waals surface area contributed by atoms with E-state index in [1.165, 1.54) is 103 Å². The maximum absolute atomic E-state index is 2.53. The van der Waals surface area contributed by atoms with Crippen LogP contribution < -0.4 is 4.57 Å². The van der Waals surface area contributed by atoms with Crippen molar-refractivity contribution in [1.82, 2.24) is 4.57 Å². The van der Waals surface area contributed by atoms with Crippen molar-refractivity contribution in [3.8, 4) is 0 Å². The van der Waals surface area contributed by atoms with Crippen LogP contribution in [0.25, 0.3) is 0 Å². The zero-order chi connectivity index (χ0) is 17.5. The van der Waals surface area contributed by atoms with E-state index in [1.54, 1.807) is 5.82 Å². The Labute approximate surface area is 151 Å². The summed E-state index contributed by atoms with van der Waals surface area (Å²) in [5.41, 5.74) is 0. The van der Waals surface area contributed by atoms with Crippen LogP contribution in [0.4, 0.5) is 0 Å². The fourth-order valence-electron chi connectivity index (χ4n) is 3.54. The summed E-state index contributed by atoms with van der Waals surface area (Å²) >= 11 is 0. The second kappa shape index (κ2) is 14.5. The molecule has 0 aliphatic heterocycles. The maximum atomic E-state index is 2.53. The Balaban J connectivity index is 2.32. The smallest absolute Gasteiger partial charge is 0.234 e. The zero-order valence-corrected chi connectivity index (χ0v) is 16.9. The van der Waals surface area contributed by atoms with Gasteiger partial charge in [0.2, 0.25) is 0 Å². The summed E-state index contributed by atoms with van der Waals surface area (Å²) < 4.78 is 5.05. The lowest BCUT2D eigenvalue weighted by Crippen LogP contribution is -2.37. The second-order valence-corrected chi connectivity index (χ2v) is 7.39. The fourth-order valence-corrected chi connectivity index (χ4v) is 3.54. The summed E-state index contributed by atoms with van der Waals surface area (Å²) in [6, 6.07) is 0. The normalized spacial score (nSPS) is 11.3. The Morgan fingerprint density at radius 2 is 1.29 bits per heavy atom. The van der Waals surface area contributed by atoms with Crippen molar-refractivity contribution in [2.75, 3.05) is 0 Å². The molecule has 0 aliphatic carbocycles. The maximum Gasteiger partial charge on any atom is 0.256 e. The highest BCUT2D eigenvalue weighted by atomic mass is 15.1. The number of imidazole rings is 1. The Bertz CT molecular complexity index is 395. The SMILES string of the molecule is CCCCCCCCC[n+]1ccn(CCCCCCC)c1CCC. The third-order valence-corrected chi connectivity index (χ3v) is 5.07. The predicted octanol–water partition coefficient (Wildman–Crippen LogP) is 6.45. The Morgan fingerprint density at radius 3 is 1.92 bits per heavy atom. The van der Waals surface area contributed by atoms with Gasteiger partial charge in [-0.15, -0.1) is 0 Å². The Kier molecular flexibility index (Phi) is 12.9. The Morgan fingerprint density at radius 1 is 0.708 bits per heavy atom. The van der Waals surface area contributed by atoms with E-state index in [1.807, 2.05) is 0 Å². The molecule has 2 heteroatoms. The Hall–Kier alpha value is -0.790. The van der Waals surface area contributed by atoms with E-state index in [2.05, 4.69) is 42.3 Å². The van der Waals surface area contributed by atoms with Gasteiger partial charge in [-0.25, -0.2) is 9.13 Å². The van der Waals surface area contributed by atoms with Crippen molar-refractivity contribution in [2.24, 2.45) is 0 Å². The lowest BCUT2D eigenvalue weighted by Gasteiger charge is -2.05. The lowest BCUT2D eigenvalue weighted by molar-refractivity contribution is -0.704. The van der Waals surface area contributed by atoms with Gasteiger partial charge in [-0.3, -0.25) is 0 Å². The molecule has 1 heterocycles. The van der Waals surface area contributed by atoms with Gasteiger partial charge in [-0.2, -0.15) is 0 Å². The van der Waals surface area contributed by atoms with E-state index in [-0.39, 0.29) is 0 Å². The first-order valence-corrected chi connectivity index (χ1v) is 10.9. The van der Waals surface area contributed by atoms with Gasteiger partial charge in [0.25, 0.3) is 5.82 Å². The third-order valence-electron chi connectivity index (χ3n) is 5.07. The molecule has 0 spiro atoms. The van der Waals surface area contributed by atoms with Crippen LogP contribution in [0.3, 0.4) is 0 Å². The molecule has 1 aromatic rings. The number of unbranched alkanes of at least 4 members (excludes halogenated alkanes) is 10. The molecule has 0 saturated carbocycles. The van der Waals surface area contributed by atoms with E-state index in [9.17, 15) is 0 Å². The molecule has 2 nitrogen and oxygen atoms in total. The molecule has 140 valence electrons. The molecule has 0 N–H and O–H groups in total. The monoisotopic (exact) mass is 335 g/mol. The highest BCUT2D eigenvalue weighted by Crippen LogP contribution is 2.09. The molecule has 0 radical (unpaired) electrons. The molecule has 0 aromatic carbocycles. The van der Waals surface area contributed by atoms with E-state index in [4.69, 9.17) is 0 Å². The molecule has 0 amide bonds. The molecule has 0 saturated heterocycles. The van der Waals surface area contributed by atoms with Crippen molar-refractivity contribution in [3.05, 3.63) is 18.2 Å². The van der Waals surface area contributed by atoms with E-state index in [0.29, 0.717) is 0 Å². The lowest BCUT2D eigenvalue weighted by atomic mass is 10.1. The molecule has 24 heavy (non-hydrogen) atoms. The third kappa shape index (κ3) is 8.89. The number of hydrogen-bond donors (Lipinski definition) is 0. The summed E-state index contributed by atoms with van der Waals surface area (Å²) in [5.74, 6) is 1.55. The van der Waals surface area contributed by atoms with Crippen LogP contribution in [0, 0.1) is 0 Å². The summed E-state index contributed by atoms with van der Waals surface area (Å²) in [7, 11) is 0. The van der Waals surface area contributed by atoms with Gasteiger partial charge in [-0.05, 0) is 32.1 Å². The van der Waals surface area contributed by atoms with Crippen molar-refractivity contribution in [1.29, 1.82) is 0 Å². The van der Waals surface area contributed by atoms with Crippen LogP contribution in [-0.2, 0) is 19.5 Å². The van der Waals surface area contributed by atoms with Gasteiger partial charge < -0.3 is 0 Å². The predicted molar refractivity (Wildman–Crippen MR) is 105 cm³/mol. The van der Waals surface area contributed by atoms with Crippen LogP contribution in [-0.4, -0.2) is 4.57 Å². The van der Waals surface area contributed by atoms with Gasteiger partial charge in [0.15, 0.2) is 0 Å². The molecule has 0 unspecified atom stereocenters. The quantitative estimate of drug-likeness (QED) is 0.242. The number of rotatable bonds is 16. The molecular weight excluding hydrogens is 292 g/mol. The van der Waals surface area contributed by atoms with Crippen LogP contribution in [0.2, 0.25) is 0 Å². The molecule has 0 aliphatic rings. The number of aromatic nitrogens is 2. The number of aryl methyl sites for hydroxylation is 2. The van der Waals surface area contributed by atoms with Gasteiger partial charge >= 0.3 is 0 Å². The minimum Gasteiger partial charge on any atom is -0.234 e. The van der Waals surface area contributed by atoms with E-state index in [0.717, 1.165) is 0 Å². The zero-order valence-electron chi connectivity index (χ0n) is 16.9. The minimum absolute atomic E-state index is 1.21. The highest BCUT2D eigenvalue weighted by Gasteiger charge is 2.15. The largest absolute Gasteiger partial charge is 0.256 e. The number of nitrogens with zero attached hydrogens (tertiary/aromatic N) is 2. The molecular formula is C22H43N2+. The van der Waals surface area contributed by atoms with Crippen LogP contribution in [0.5, 0.6) is 0 Å². The van der Waals surface area contributed by atoms with Crippen LogP contribution in [0.1, 0.15) is 110 Å². The van der Waals surface area contributed by atoms with Crippen molar-refractivity contribution < 1.29 is 4.57 Å². The van der Waals surface area contributed by atoms with Crippen LogP contribution in [0.15, 0.2) is 12.4 Å². The number of hydrogen-bond acceptors (Lipinski definition) is 0. The summed E-state index contributed by atoms with van der Waals surface area (Å²) in [6.07, 6.45) is 23.7. The molecule has 1 rings (SSSR count).